The third kappa shape index (κ3) is 3.59. The van der Waals surface area contributed by atoms with Gasteiger partial charge in [-0.15, -0.1) is 0 Å². The average molecular weight is 388 g/mol. The van der Waals surface area contributed by atoms with Crippen LogP contribution >= 0.6 is 11.6 Å². The van der Waals surface area contributed by atoms with Crippen LogP contribution in [0, 0.1) is 0 Å². The van der Waals surface area contributed by atoms with Gasteiger partial charge in [-0.2, -0.15) is 0 Å². The van der Waals surface area contributed by atoms with Crippen LogP contribution in [0.5, 0.6) is 0 Å². The van der Waals surface area contributed by atoms with Crippen molar-refractivity contribution in [2.75, 3.05) is 13.1 Å². The first-order chi connectivity index (χ1) is 12.2. The minimum atomic E-state index is -1.81. The molecule has 0 unspecified atom stereocenters. The maximum Gasteiger partial charge on any atom is 0.339 e. The van der Waals surface area contributed by atoms with E-state index in [0.29, 0.717) is 18.1 Å². The summed E-state index contributed by atoms with van der Waals surface area (Å²) in [6.45, 7) is 2.70. The van der Waals surface area contributed by atoms with Crippen molar-refractivity contribution in [2.45, 2.75) is 49.7 Å². The van der Waals surface area contributed by atoms with Gasteiger partial charge in [0.05, 0.1) is 0 Å². The van der Waals surface area contributed by atoms with E-state index in [4.69, 9.17) is 21.1 Å². The van der Waals surface area contributed by atoms with E-state index in [-0.39, 0.29) is 0 Å². The lowest BCUT2D eigenvalue weighted by Crippen LogP contribution is -2.60. The highest BCUT2D eigenvalue weighted by Gasteiger charge is 2.48. The van der Waals surface area contributed by atoms with Gasteiger partial charge in [0.15, 0.2) is 12.4 Å². The second-order valence-electron chi connectivity index (χ2n) is 6.80. The number of hydrogen-bond donors (Lipinski definition) is 5. The highest BCUT2D eigenvalue weighted by molar-refractivity contribution is 6.30. The molecule has 0 bridgehead atoms. The highest BCUT2D eigenvalue weighted by atomic mass is 35.5. The third-order valence-corrected chi connectivity index (χ3v) is 5.06. The van der Waals surface area contributed by atoms with E-state index < -0.39 is 42.3 Å². The topological polar surface area (TPSA) is 128 Å². The summed E-state index contributed by atoms with van der Waals surface area (Å²) in [5.74, 6) is -0.959. The second-order valence-corrected chi connectivity index (χ2v) is 7.24. The Kier molecular flexibility index (Phi) is 5.55. The Morgan fingerprint density at radius 2 is 2.00 bits per heavy atom. The van der Waals surface area contributed by atoms with Crippen molar-refractivity contribution in [2.24, 2.45) is 0 Å². The van der Waals surface area contributed by atoms with Crippen molar-refractivity contribution in [1.82, 2.24) is 5.32 Å². The summed E-state index contributed by atoms with van der Waals surface area (Å²) in [5.41, 5.74) is 0.605. The standard InChI is InChI=1S/C17H22ClNO7/c1-17(7-19-5-4-8-2-3-9(18)6-10(8)17)26-16(24)14-12(21)11(20)13(22)15(23)25-14/h2-3,6,11-15,19-23H,4-5,7H2,1H3/t11-,12-,13+,14-,15+,17-/m0/s1. The van der Waals surface area contributed by atoms with Gasteiger partial charge in [0, 0.05) is 17.1 Å². The van der Waals surface area contributed by atoms with E-state index in [1.807, 2.05) is 6.07 Å². The van der Waals surface area contributed by atoms with Crippen molar-refractivity contribution < 1.29 is 34.7 Å². The van der Waals surface area contributed by atoms with Gasteiger partial charge in [0.1, 0.15) is 23.9 Å². The van der Waals surface area contributed by atoms with Crippen molar-refractivity contribution in [3.8, 4) is 0 Å². The molecule has 1 fully saturated rings. The molecule has 2 heterocycles. The summed E-state index contributed by atoms with van der Waals surface area (Å²) in [4.78, 5) is 12.6. The number of carbonyl (C=O) groups is 1. The number of aliphatic hydroxyl groups excluding tert-OH is 4. The zero-order valence-corrected chi connectivity index (χ0v) is 14.9. The lowest BCUT2D eigenvalue weighted by atomic mass is 9.90. The molecular weight excluding hydrogens is 366 g/mol. The van der Waals surface area contributed by atoms with Gasteiger partial charge in [0.25, 0.3) is 0 Å². The Balaban J connectivity index is 1.86. The second kappa shape index (κ2) is 7.40. The molecule has 2 aliphatic heterocycles. The summed E-state index contributed by atoms with van der Waals surface area (Å²) in [6.07, 6.45) is -7.91. The first-order valence-corrected chi connectivity index (χ1v) is 8.71. The van der Waals surface area contributed by atoms with E-state index >= 15 is 0 Å². The summed E-state index contributed by atoms with van der Waals surface area (Å²) >= 11 is 6.10. The molecule has 2 aliphatic rings. The minimum absolute atomic E-state index is 0.308. The lowest BCUT2D eigenvalue weighted by molar-refractivity contribution is -0.283. The van der Waals surface area contributed by atoms with Gasteiger partial charge in [-0.1, -0.05) is 17.7 Å². The molecular formula is C17H22ClNO7. The molecule has 1 aromatic carbocycles. The number of rotatable bonds is 2. The van der Waals surface area contributed by atoms with Crippen LogP contribution in [-0.2, 0) is 26.3 Å². The van der Waals surface area contributed by atoms with Crippen LogP contribution in [-0.4, -0.2) is 70.2 Å². The fraction of sp³-hybridized carbons (Fsp3) is 0.588. The van der Waals surface area contributed by atoms with Crippen LogP contribution in [0.25, 0.3) is 0 Å². The van der Waals surface area contributed by atoms with Crippen molar-refractivity contribution in [3.63, 3.8) is 0 Å². The average Bonchev–Trinajstić information content (AvgIpc) is 2.75. The van der Waals surface area contributed by atoms with Crippen LogP contribution in [0.15, 0.2) is 18.2 Å². The number of nitrogens with one attached hydrogen (secondary N) is 1. The number of carbonyl (C=O) groups excluding carboxylic acids is 1. The number of ether oxygens (including phenoxy) is 2. The van der Waals surface area contributed by atoms with Crippen LogP contribution in [0.3, 0.4) is 0 Å². The monoisotopic (exact) mass is 387 g/mol. The van der Waals surface area contributed by atoms with Crippen molar-refractivity contribution >= 4 is 17.6 Å². The highest BCUT2D eigenvalue weighted by Crippen LogP contribution is 2.33. The Morgan fingerprint density at radius 3 is 2.73 bits per heavy atom. The first kappa shape index (κ1) is 19.5. The van der Waals surface area contributed by atoms with Gasteiger partial charge in [-0.3, -0.25) is 0 Å². The predicted molar refractivity (Wildman–Crippen MR) is 90.4 cm³/mol. The number of aliphatic hydroxyl groups is 4. The third-order valence-electron chi connectivity index (χ3n) is 4.82. The molecule has 8 nitrogen and oxygen atoms in total. The number of benzene rings is 1. The fourth-order valence-corrected chi connectivity index (χ4v) is 3.50. The molecule has 3 rings (SSSR count). The van der Waals surface area contributed by atoms with Crippen molar-refractivity contribution in [3.05, 3.63) is 34.3 Å². The molecule has 0 spiro atoms. The molecule has 0 radical (unpaired) electrons. The van der Waals surface area contributed by atoms with Gasteiger partial charge in [0.2, 0.25) is 0 Å². The van der Waals surface area contributed by atoms with Crippen molar-refractivity contribution in [1.29, 1.82) is 0 Å². The molecule has 0 saturated carbocycles. The zero-order valence-electron chi connectivity index (χ0n) is 14.1. The maximum atomic E-state index is 12.6. The summed E-state index contributed by atoms with van der Waals surface area (Å²) in [7, 11) is 0. The van der Waals surface area contributed by atoms with Gasteiger partial charge in [-0.05, 0) is 37.6 Å². The van der Waals surface area contributed by atoms with E-state index in [1.165, 1.54) is 0 Å². The van der Waals surface area contributed by atoms with Gasteiger partial charge < -0.3 is 35.2 Å². The van der Waals surface area contributed by atoms with Gasteiger partial charge >= 0.3 is 5.97 Å². The SMILES string of the molecule is C[C@]1(OC(=O)[C@H]2O[C@@H](O)[C@H](O)[C@@H](O)[C@@H]2O)CNCCc2ccc(Cl)cc21. The maximum absolute atomic E-state index is 12.6. The lowest BCUT2D eigenvalue weighted by Gasteiger charge is -2.39. The first-order valence-electron chi connectivity index (χ1n) is 8.33. The number of halogens is 1. The van der Waals surface area contributed by atoms with Crippen LogP contribution in [0.2, 0.25) is 5.02 Å². The molecule has 0 aromatic heterocycles. The molecule has 1 aromatic rings. The number of esters is 1. The van der Waals surface area contributed by atoms with Crippen LogP contribution in [0.4, 0.5) is 0 Å². The molecule has 26 heavy (non-hydrogen) atoms. The number of hydrogen-bond acceptors (Lipinski definition) is 8. The predicted octanol–water partition coefficient (Wildman–Crippen LogP) is -0.956. The molecule has 5 N–H and O–H groups in total. The molecule has 144 valence electrons. The smallest absolute Gasteiger partial charge is 0.339 e. The number of fused-ring (bicyclic) bond motifs is 1. The summed E-state index contributed by atoms with van der Waals surface area (Å²) in [6, 6.07) is 5.35. The zero-order chi connectivity index (χ0) is 19.1. The summed E-state index contributed by atoms with van der Waals surface area (Å²) in [5, 5.41) is 42.6. The van der Waals surface area contributed by atoms with E-state index in [1.54, 1.807) is 19.1 Å². The minimum Gasteiger partial charge on any atom is -0.451 e. The Labute approximate surface area is 155 Å². The van der Waals surface area contributed by atoms with E-state index in [9.17, 15) is 25.2 Å². The molecule has 6 atom stereocenters. The molecule has 0 aliphatic carbocycles. The quantitative estimate of drug-likeness (QED) is 0.411. The normalized spacial score (nSPS) is 37.5. The van der Waals surface area contributed by atoms with Gasteiger partial charge in [-0.25, -0.2) is 4.79 Å². The molecule has 1 saturated heterocycles. The summed E-state index contributed by atoms with van der Waals surface area (Å²) < 4.78 is 10.6. The van der Waals surface area contributed by atoms with Crippen LogP contribution < -0.4 is 5.32 Å². The van der Waals surface area contributed by atoms with Crippen LogP contribution in [0.1, 0.15) is 18.1 Å². The van der Waals surface area contributed by atoms with E-state index in [0.717, 1.165) is 17.5 Å². The van der Waals surface area contributed by atoms with E-state index in [2.05, 4.69) is 5.32 Å². The molecule has 0 amide bonds. The largest absolute Gasteiger partial charge is 0.451 e. The Bertz CT molecular complexity index is 687. The Morgan fingerprint density at radius 1 is 1.27 bits per heavy atom. The Hall–Kier alpha value is -1.26. The fourth-order valence-electron chi connectivity index (χ4n) is 3.33. The molecule has 9 heteroatoms.